The van der Waals surface area contributed by atoms with E-state index in [1.165, 1.54) is 12.4 Å². The van der Waals surface area contributed by atoms with Crippen LogP contribution in [-0.2, 0) is 4.74 Å². The highest BCUT2D eigenvalue weighted by Gasteiger charge is 2.20. The highest BCUT2D eigenvalue weighted by molar-refractivity contribution is 6.06. The lowest BCUT2D eigenvalue weighted by atomic mass is 10.1. The maximum atomic E-state index is 12.5. The minimum absolute atomic E-state index is 0.128. The molecule has 24 heavy (non-hydrogen) atoms. The molecule has 1 aromatic carbocycles. The number of rotatable bonds is 3. The number of carbonyl (C=O) groups is 2. The molecule has 0 atom stereocenters. The average molecular weight is 325 g/mol. The lowest BCUT2D eigenvalue weighted by Gasteiger charge is -2.26. The Morgan fingerprint density at radius 3 is 2.58 bits per heavy atom. The van der Waals surface area contributed by atoms with Gasteiger partial charge in [0.25, 0.3) is 11.8 Å². The fourth-order valence-corrected chi connectivity index (χ4v) is 2.54. The molecular weight excluding hydrogens is 306 g/mol. The van der Waals surface area contributed by atoms with Crippen molar-refractivity contribution in [2.75, 3.05) is 31.6 Å². The quantitative estimate of drug-likeness (QED) is 0.938. The number of aromatic nitrogens is 1. The highest BCUT2D eigenvalue weighted by atomic mass is 16.5. The van der Waals surface area contributed by atoms with Crippen LogP contribution in [0.15, 0.2) is 42.7 Å². The third kappa shape index (κ3) is 3.60. The summed E-state index contributed by atoms with van der Waals surface area (Å²) in [7, 11) is 0. The molecule has 2 aromatic rings. The number of hydrogen-bond acceptors (Lipinski definition) is 4. The summed E-state index contributed by atoms with van der Waals surface area (Å²) in [5, 5.41) is 2.85. The van der Waals surface area contributed by atoms with Crippen molar-refractivity contribution in [3.8, 4) is 0 Å². The number of benzene rings is 1. The summed E-state index contributed by atoms with van der Waals surface area (Å²) >= 11 is 0. The fourth-order valence-electron chi connectivity index (χ4n) is 2.54. The molecule has 0 spiro atoms. The minimum Gasteiger partial charge on any atom is -0.378 e. The highest BCUT2D eigenvalue weighted by Crippen LogP contribution is 2.15. The third-order valence-electron chi connectivity index (χ3n) is 3.94. The zero-order chi connectivity index (χ0) is 16.9. The number of carbonyl (C=O) groups excluding carboxylic acids is 2. The molecule has 0 radical (unpaired) electrons. The van der Waals surface area contributed by atoms with Crippen LogP contribution in [0.1, 0.15) is 26.3 Å². The van der Waals surface area contributed by atoms with Crippen molar-refractivity contribution in [1.29, 1.82) is 0 Å². The second-order valence-electron chi connectivity index (χ2n) is 5.64. The number of nitrogens with zero attached hydrogens (tertiary/aromatic N) is 2. The second kappa shape index (κ2) is 7.23. The van der Waals surface area contributed by atoms with E-state index in [0.717, 1.165) is 11.3 Å². The molecule has 1 aromatic heterocycles. The van der Waals surface area contributed by atoms with Crippen LogP contribution in [0.2, 0.25) is 0 Å². The van der Waals surface area contributed by atoms with Gasteiger partial charge < -0.3 is 15.0 Å². The summed E-state index contributed by atoms with van der Waals surface area (Å²) < 4.78 is 5.25. The van der Waals surface area contributed by atoms with Gasteiger partial charge in [0.2, 0.25) is 0 Å². The van der Waals surface area contributed by atoms with Gasteiger partial charge in [-0.15, -0.1) is 0 Å². The molecule has 1 saturated heterocycles. The molecule has 1 fully saturated rings. The molecule has 2 amide bonds. The van der Waals surface area contributed by atoms with E-state index in [2.05, 4.69) is 10.3 Å². The van der Waals surface area contributed by atoms with E-state index in [-0.39, 0.29) is 11.8 Å². The van der Waals surface area contributed by atoms with Gasteiger partial charge in [-0.3, -0.25) is 14.6 Å². The van der Waals surface area contributed by atoms with Gasteiger partial charge in [0.15, 0.2) is 0 Å². The molecule has 3 rings (SSSR count). The maximum Gasteiger partial charge on any atom is 0.257 e. The Labute approximate surface area is 140 Å². The Kier molecular flexibility index (Phi) is 4.86. The molecule has 6 heteroatoms. The zero-order valence-corrected chi connectivity index (χ0v) is 13.5. The van der Waals surface area contributed by atoms with E-state index in [9.17, 15) is 9.59 Å². The molecule has 2 heterocycles. The maximum absolute atomic E-state index is 12.5. The van der Waals surface area contributed by atoms with Crippen LogP contribution in [0, 0.1) is 6.92 Å². The average Bonchev–Trinajstić information content (AvgIpc) is 2.64. The number of ether oxygens (including phenoxy) is 1. The fraction of sp³-hybridized carbons (Fsp3) is 0.278. The van der Waals surface area contributed by atoms with E-state index in [4.69, 9.17) is 4.74 Å². The number of amides is 2. The number of nitrogens with one attached hydrogen (secondary N) is 1. The Morgan fingerprint density at radius 2 is 1.83 bits per heavy atom. The number of anilines is 1. The summed E-state index contributed by atoms with van der Waals surface area (Å²) in [6, 6.07) is 9.11. The monoisotopic (exact) mass is 325 g/mol. The summed E-state index contributed by atoms with van der Waals surface area (Å²) in [5.74, 6) is -0.412. The first-order valence-corrected chi connectivity index (χ1v) is 7.84. The first kappa shape index (κ1) is 16.1. The Bertz CT molecular complexity index is 755. The first-order chi connectivity index (χ1) is 11.6. The van der Waals surface area contributed by atoms with Crippen molar-refractivity contribution in [1.82, 2.24) is 9.88 Å². The Balaban J connectivity index is 1.76. The van der Waals surface area contributed by atoms with E-state index >= 15 is 0 Å². The summed E-state index contributed by atoms with van der Waals surface area (Å²) in [5.41, 5.74) is 2.48. The summed E-state index contributed by atoms with van der Waals surface area (Å²) in [6.45, 7) is 4.10. The topological polar surface area (TPSA) is 71.5 Å². The predicted molar refractivity (Wildman–Crippen MR) is 90.1 cm³/mol. The third-order valence-corrected chi connectivity index (χ3v) is 3.94. The molecule has 1 aliphatic heterocycles. The van der Waals surface area contributed by atoms with Gasteiger partial charge >= 0.3 is 0 Å². The van der Waals surface area contributed by atoms with Crippen molar-refractivity contribution in [3.63, 3.8) is 0 Å². The van der Waals surface area contributed by atoms with Crippen molar-refractivity contribution in [2.24, 2.45) is 0 Å². The van der Waals surface area contributed by atoms with Gasteiger partial charge in [-0.2, -0.15) is 0 Å². The molecule has 1 N–H and O–H groups in total. The van der Waals surface area contributed by atoms with E-state index in [1.807, 2.05) is 31.2 Å². The second-order valence-corrected chi connectivity index (χ2v) is 5.64. The van der Waals surface area contributed by atoms with Crippen molar-refractivity contribution >= 4 is 17.5 Å². The zero-order valence-electron chi connectivity index (χ0n) is 13.5. The Morgan fingerprint density at radius 1 is 1.12 bits per heavy atom. The molecule has 0 aliphatic carbocycles. The molecule has 0 saturated carbocycles. The molecule has 0 unspecified atom stereocenters. The molecular formula is C18H19N3O3. The van der Waals surface area contributed by atoms with Crippen molar-refractivity contribution in [2.45, 2.75) is 6.92 Å². The van der Waals surface area contributed by atoms with Crippen LogP contribution in [0.4, 0.5) is 5.69 Å². The van der Waals surface area contributed by atoms with Crippen LogP contribution >= 0.6 is 0 Å². The van der Waals surface area contributed by atoms with E-state index in [1.54, 1.807) is 11.0 Å². The van der Waals surface area contributed by atoms with Crippen LogP contribution in [0.25, 0.3) is 0 Å². The molecule has 1 aliphatic rings. The number of aryl methyl sites for hydroxylation is 1. The number of para-hydroxylation sites is 1. The molecule has 124 valence electrons. The SMILES string of the molecule is Cc1ccccc1NC(=O)c1cncc(C(=O)N2CCOCC2)c1. The van der Waals surface area contributed by atoms with Crippen LogP contribution in [0.3, 0.4) is 0 Å². The van der Waals surface area contributed by atoms with E-state index < -0.39 is 0 Å². The largest absolute Gasteiger partial charge is 0.378 e. The van der Waals surface area contributed by atoms with Gasteiger partial charge in [0.1, 0.15) is 0 Å². The number of hydrogen-bond donors (Lipinski definition) is 1. The first-order valence-electron chi connectivity index (χ1n) is 7.84. The Hall–Kier alpha value is -2.73. The predicted octanol–water partition coefficient (Wildman–Crippen LogP) is 2.11. The van der Waals surface area contributed by atoms with Crippen LogP contribution in [-0.4, -0.2) is 48.0 Å². The van der Waals surface area contributed by atoms with Crippen LogP contribution < -0.4 is 5.32 Å². The smallest absolute Gasteiger partial charge is 0.257 e. The minimum atomic E-state index is -0.284. The van der Waals surface area contributed by atoms with Gasteiger partial charge in [-0.05, 0) is 24.6 Å². The standard InChI is InChI=1S/C18H19N3O3/c1-13-4-2-3-5-16(13)20-17(22)14-10-15(12-19-11-14)18(23)21-6-8-24-9-7-21/h2-5,10-12H,6-9H2,1H3,(H,20,22). The van der Waals surface area contributed by atoms with E-state index in [0.29, 0.717) is 37.4 Å². The lowest BCUT2D eigenvalue weighted by molar-refractivity contribution is 0.0302. The van der Waals surface area contributed by atoms with Gasteiger partial charge in [0, 0.05) is 31.2 Å². The lowest BCUT2D eigenvalue weighted by Crippen LogP contribution is -2.40. The van der Waals surface area contributed by atoms with Gasteiger partial charge in [0.05, 0.1) is 24.3 Å². The van der Waals surface area contributed by atoms with Crippen LogP contribution in [0.5, 0.6) is 0 Å². The summed E-state index contributed by atoms with van der Waals surface area (Å²) in [6.07, 6.45) is 2.95. The number of morpholine rings is 1. The van der Waals surface area contributed by atoms with Gasteiger partial charge in [-0.25, -0.2) is 0 Å². The van der Waals surface area contributed by atoms with Crippen molar-refractivity contribution < 1.29 is 14.3 Å². The summed E-state index contributed by atoms with van der Waals surface area (Å²) in [4.78, 5) is 30.7. The van der Waals surface area contributed by atoms with Crippen molar-refractivity contribution in [3.05, 3.63) is 59.4 Å². The van der Waals surface area contributed by atoms with Gasteiger partial charge in [-0.1, -0.05) is 18.2 Å². The normalized spacial score (nSPS) is 14.3. The molecule has 0 bridgehead atoms. The molecule has 6 nitrogen and oxygen atoms in total. The number of pyridine rings is 1.